The Balaban J connectivity index is 1.57. The average molecular weight is 353 g/mol. The number of nitrogens with zero attached hydrogens (tertiary/aromatic N) is 4. The molecule has 0 aliphatic carbocycles. The van der Waals surface area contributed by atoms with E-state index in [0.29, 0.717) is 19.6 Å². The second kappa shape index (κ2) is 8.29. The number of nitrogens with two attached hydrogens (primary N) is 1. The van der Waals surface area contributed by atoms with Gasteiger partial charge in [0.15, 0.2) is 0 Å². The van der Waals surface area contributed by atoms with Gasteiger partial charge in [0, 0.05) is 51.0 Å². The molecule has 0 unspecified atom stereocenters. The minimum Gasteiger partial charge on any atom is -0.353 e. The van der Waals surface area contributed by atoms with Crippen LogP contribution in [0.3, 0.4) is 0 Å². The molecule has 1 aromatic carbocycles. The smallest absolute Gasteiger partial charge is 0.253 e. The minimum atomic E-state index is 0.0857. The maximum atomic E-state index is 12.6. The molecule has 2 aromatic rings. The number of piperazine rings is 1. The highest BCUT2D eigenvalue weighted by atomic mass is 16.2. The van der Waals surface area contributed by atoms with Crippen LogP contribution in [0.15, 0.2) is 42.6 Å². The van der Waals surface area contributed by atoms with Crippen LogP contribution in [0.5, 0.6) is 0 Å². The van der Waals surface area contributed by atoms with Crippen LogP contribution in [0.4, 0.5) is 5.82 Å². The molecule has 0 spiro atoms. The molecule has 2 heterocycles. The summed E-state index contributed by atoms with van der Waals surface area (Å²) >= 11 is 0. The van der Waals surface area contributed by atoms with E-state index in [1.807, 2.05) is 49.5 Å². The van der Waals surface area contributed by atoms with Crippen LogP contribution in [0, 0.1) is 0 Å². The molecule has 3 rings (SSSR count). The number of carbonyl (C=O) groups excluding carboxylic acids is 1. The van der Waals surface area contributed by atoms with Crippen molar-refractivity contribution < 1.29 is 4.79 Å². The van der Waals surface area contributed by atoms with Gasteiger partial charge < -0.3 is 20.4 Å². The van der Waals surface area contributed by atoms with E-state index in [0.717, 1.165) is 36.6 Å². The molecule has 0 bridgehead atoms. The lowest BCUT2D eigenvalue weighted by atomic mass is 10.1. The minimum absolute atomic E-state index is 0.0857. The van der Waals surface area contributed by atoms with Crippen molar-refractivity contribution in [1.82, 2.24) is 14.8 Å². The zero-order chi connectivity index (χ0) is 18.5. The fourth-order valence-electron chi connectivity index (χ4n) is 3.17. The first-order valence-corrected chi connectivity index (χ1v) is 8.99. The second-order valence-electron chi connectivity index (χ2n) is 6.94. The predicted molar refractivity (Wildman–Crippen MR) is 104 cm³/mol. The van der Waals surface area contributed by atoms with Crippen LogP contribution in [-0.2, 0) is 13.1 Å². The van der Waals surface area contributed by atoms with Crippen LogP contribution in [-0.4, -0.2) is 61.0 Å². The van der Waals surface area contributed by atoms with E-state index in [1.54, 1.807) is 0 Å². The molecule has 0 atom stereocenters. The molecule has 26 heavy (non-hydrogen) atoms. The van der Waals surface area contributed by atoms with Crippen LogP contribution in [0.2, 0.25) is 0 Å². The zero-order valence-corrected chi connectivity index (χ0v) is 15.6. The Kier molecular flexibility index (Phi) is 5.85. The number of aromatic nitrogens is 1. The van der Waals surface area contributed by atoms with E-state index in [9.17, 15) is 4.79 Å². The molecule has 1 aliphatic heterocycles. The Morgan fingerprint density at radius 1 is 1.04 bits per heavy atom. The number of hydrogen-bond donors (Lipinski definition) is 1. The topological polar surface area (TPSA) is 65.7 Å². The van der Waals surface area contributed by atoms with E-state index in [1.165, 1.54) is 5.56 Å². The third-order valence-corrected chi connectivity index (χ3v) is 4.64. The van der Waals surface area contributed by atoms with Crippen molar-refractivity contribution in [2.45, 2.75) is 13.1 Å². The highest BCUT2D eigenvalue weighted by Crippen LogP contribution is 2.16. The van der Waals surface area contributed by atoms with Crippen LogP contribution < -0.4 is 10.6 Å². The number of hydrogen-bond acceptors (Lipinski definition) is 5. The summed E-state index contributed by atoms with van der Waals surface area (Å²) in [5.74, 6) is 1.06. The second-order valence-corrected chi connectivity index (χ2v) is 6.94. The fourth-order valence-corrected chi connectivity index (χ4v) is 3.17. The molecular formula is C20H27N5O. The Bertz CT molecular complexity index is 719. The molecule has 1 fully saturated rings. The van der Waals surface area contributed by atoms with Crippen LogP contribution in [0.25, 0.3) is 0 Å². The summed E-state index contributed by atoms with van der Waals surface area (Å²) in [6.45, 7) is 4.39. The Morgan fingerprint density at radius 2 is 1.69 bits per heavy atom. The summed E-state index contributed by atoms with van der Waals surface area (Å²) in [6, 6.07) is 11.8. The van der Waals surface area contributed by atoms with Gasteiger partial charge in [-0.25, -0.2) is 4.98 Å². The molecule has 0 radical (unpaired) electrons. The van der Waals surface area contributed by atoms with Gasteiger partial charge in [0.05, 0.1) is 0 Å². The van der Waals surface area contributed by atoms with Gasteiger partial charge in [-0.15, -0.1) is 0 Å². The fraction of sp³-hybridized carbons (Fsp3) is 0.400. The monoisotopic (exact) mass is 353 g/mol. The molecule has 1 amide bonds. The van der Waals surface area contributed by atoms with Gasteiger partial charge in [0.2, 0.25) is 0 Å². The Hall–Kier alpha value is -2.44. The van der Waals surface area contributed by atoms with Gasteiger partial charge in [-0.1, -0.05) is 18.2 Å². The number of benzene rings is 1. The van der Waals surface area contributed by atoms with Gasteiger partial charge in [0.1, 0.15) is 5.82 Å². The van der Waals surface area contributed by atoms with Gasteiger partial charge in [-0.2, -0.15) is 0 Å². The van der Waals surface area contributed by atoms with E-state index in [4.69, 9.17) is 5.73 Å². The first kappa shape index (κ1) is 18.4. The van der Waals surface area contributed by atoms with Gasteiger partial charge in [0.25, 0.3) is 5.91 Å². The van der Waals surface area contributed by atoms with Crippen molar-refractivity contribution in [2.24, 2.45) is 5.73 Å². The van der Waals surface area contributed by atoms with E-state index >= 15 is 0 Å². The summed E-state index contributed by atoms with van der Waals surface area (Å²) in [5.41, 5.74) is 8.58. The first-order chi connectivity index (χ1) is 12.6. The molecular weight excluding hydrogens is 326 g/mol. The van der Waals surface area contributed by atoms with Crippen molar-refractivity contribution in [3.8, 4) is 0 Å². The molecule has 6 nitrogen and oxygen atoms in total. The zero-order valence-electron chi connectivity index (χ0n) is 15.6. The number of amides is 1. The van der Waals surface area contributed by atoms with Gasteiger partial charge in [-0.05, 0) is 43.4 Å². The van der Waals surface area contributed by atoms with E-state index in [-0.39, 0.29) is 5.91 Å². The summed E-state index contributed by atoms with van der Waals surface area (Å²) in [6.07, 6.45) is 1.94. The summed E-state index contributed by atoms with van der Waals surface area (Å²) in [7, 11) is 4.10. The normalized spacial score (nSPS) is 14.8. The summed E-state index contributed by atoms with van der Waals surface area (Å²) in [5, 5.41) is 0. The lowest BCUT2D eigenvalue weighted by molar-refractivity contribution is 0.0746. The van der Waals surface area contributed by atoms with Crippen molar-refractivity contribution >= 4 is 11.7 Å². The number of rotatable bonds is 5. The third-order valence-electron chi connectivity index (χ3n) is 4.64. The van der Waals surface area contributed by atoms with Crippen LogP contribution in [0.1, 0.15) is 21.5 Å². The van der Waals surface area contributed by atoms with Crippen molar-refractivity contribution in [1.29, 1.82) is 0 Å². The highest BCUT2D eigenvalue weighted by Gasteiger charge is 2.22. The standard InChI is InChI=1S/C20H27N5O/c1-23(2)15-17-5-8-19(22-14-17)24-9-11-25(12-10-24)20(26)18-6-3-16(13-21)4-7-18/h3-8,14H,9-13,15,21H2,1-2H3. The van der Waals surface area contributed by atoms with Crippen LogP contribution >= 0.6 is 0 Å². The van der Waals surface area contributed by atoms with E-state index < -0.39 is 0 Å². The molecule has 1 saturated heterocycles. The average Bonchev–Trinajstić information content (AvgIpc) is 2.68. The lowest BCUT2D eigenvalue weighted by Crippen LogP contribution is -2.49. The molecule has 1 aliphatic rings. The summed E-state index contributed by atoms with van der Waals surface area (Å²) in [4.78, 5) is 23.5. The van der Waals surface area contributed by atoms with Crippen molar-refractivity contribution in [2.75, 3.05) is 45.2 Å². The lowest BCUT2D eigenvalue weighted by Gasteiger charge is -2.35. The predicted octanol–water partition coefficient (Wildman–Crippen LogP) is 1.56. The quantitative estimate of drug-likeness (QED) is 0.884. The van der Waals surface area contributed by atoms with Gasteiger partial charge >= 0.3 is 0 Å². The van der Waals surface area contributed by atoms with E-state index in [2.05, 4.69) is 26.9 Å². The number of pyridine rings is 1. The number of anilines is 1. The van der Waals surface area contributed by atoms with Crippen molar-refractivity contribution in [3.63, 3.8) is 0 Å². The summed E-state index contributed by atoms with van der Waals surface area (Å²) < 4.78 is 0. The van der Waals surface area contributed by atoms with Gasteiger partial charge in [-0.3, -0.25) is 4.79 Å². The molecule has 6 heteroatoms. The third kappa shape index (κ3) is 4.39. The first-order valence-electron chi connectivity index (χ1n) is 8.99. The maximum Gasteiger partial charge on any atom is 0.253 e. The van der Waals surface area contributed by atoms with Crippen molar-refractivity contribution in [3.05, 3.63) is 59.3 Å². The molecule has 138 valence electrons. The Labute approximate surface area is 155 Å². The highest BCUT2D eigenvalue weighted by molar-refractivity contribution is 5.94. The Morgan fingerprint density at radius 3 is 2.23 bits per heavy atom. The number of carbonyl (C=O) groups is 1. The molecule has 0 saturated carbocycles. The largest absolute Gasteiger partial charge is 0.353 e. The maximum absolute atomic E-state index is 12.6. The molecule has 1 aromatic heterocycles. The molecule has 2 N–H and O–H groups in total. The SMILES string of the molecule is CN(C)Cc1ccc(N2CCN(C(=O)c3ccc(CN)cc3)CC2)nc1.